The Labute approximate surface area is 138 Å². The highest BCUT2D eigenvalue weighted by molar-refractivity contribution is 14.0. The normalized spacial score (nSPS) is 14.6. The van der Waals surface area contributed by atoms with Crippen LogP contribution < -0.4 is 16.0 Å². The Morgan fingerprint density at radius 2 is 1.85 bits per heavy atom. The number of hydrogen-bond donors (Lipinski definition) is 2. The first kappa shape index (κ1) is 16.8. The molecule has 0 atom stereocenters. The van der Waals surface area contributed by atoms with Crippen molar-refractivity contribution in [1.82, 2.24) is 5.32 Å². The van der Waals surface area contributed by atoms with Crippen molar-refractivity contribution >= 4 is 35.6 Å². The second-order valence-electron chi connectivity index (χ2n) is 5.04. The van der Waals surface area contributed by atoms with Gasteiger partial charge >= 0.3 is 0 Å². The van der Waals surface area contributed by atoms with Crippen molar-refractivity contribution in [3.05, 3.63) is 42.0 Å². The first-order valence-electron chi connectivity index (χ1n) is 6.70. The van der Waals surface area contributed by atoms with E-state index >= 15 is 0 Å². The quantitative estimate of drug-likeness (QED) is 0.362. The highest BCUT2D eigenvalue weighted by atomic mass is 127. The molecule has 1 heterocycles. The molecule has 5 heteroatoms. The summed E-state index contributed by atoms with van der Waals surface area (Å²) in [6, 6.07) is 8.82. The topological polar surface area (TPSA) is 53.6 Å². The first-order valence-corrected chi connectivity index (χ1v) is 6.70. The molecule has 1 aromatic carbocycles. The molecule has 0 radical (unpaired) electrons. The van der Waals surface area contributed by atoms with E-state index in [-0.39, 0.29) is 24.0 Å². The van der Waals surface area contributed by atoms with Crippen molar-refractivity contribution in [2.45, 2.75) is 26.4 Å². The highest BCUT2D eigenvalue weighted by Crippen LogP contribution is 2.17. The molecule has 0 unspecified atom stereocenters. The molecule has 20 heavy (non-hydrogen) atoms. The fourth-order valence-corrected chi connectivity index (χ4v) is 2.02. The van der Waals surface area contributed by atoms with Crippen LogP contribution in [0.5, 0.6) is 0 Å². The van der Waals surface area contributed by atoms with Crippen LogP contribution in [0.15, 0.2) is 41.4 Å². The minimum atomic E-state index is 0. The number of aliphatic imine (C=N–C) groups is 1. The van der Waals surface area contributed by atoms with Gasteiger partial charge in [0.05, 0.1) is 6.54 Å². The summed E-state index contributed by atoms with van der Waals surface area (Å²) in [5, 5.41) is 3.08. The smallest absolute Gasteiger partial charge is 0.189 e. The van der Waals surface area contributed by atoms with Crippen LogP contribution in [0.2, 0.25) is 0 Å². The average molecular weight is 386 g/mol. The zero-order valence-corrected chi connectivity index (χ0v) is 14.4. The number of halogens is 1. The monoisotopic (exact) mass is 386 g/mol. The summed E-state index contributed by atoms with van der Waals surface area (Å²) in [7, 11) is 0. The molecular weight excluding hydrogens is 363 g/mol. The maximum absolute atomic E-state index is 5.77. The zero-order valence-electron chi connectivity index (χ0n) is 12.0. The molecule has 0 fully saturated rings. The Hall–Kier alpha value is -1.24. The van der Waals surface area contributed by atoms with E-state index in [1.807, 2.05) is 13.8 Å². The van der Waals surface area contributed by atoms with Crippen LogP contribution in [0, 0.1) is 0 Å². The molecule has 0 bridgehead atoms. The van der Waals surface area contributed by atoms with Crippen LogP contribution in [0.25, 0.3) is 0 Å². The van der Waals surface area contributed by atoms with Gasteiger partial charge in [-0.25, -0.2) is 4.99 Å². The van der Waals surface area contributed by atoms with E-state index in [1.165, 1.54) is 11.3 Å². The van der Waals surface area contributed by atoms with E-state index in [2.05, 4.69) is 51.6 Å². The van der Waals surface area contributed by atoms with E-state index in [0.29, 0.717) is 18.5 Å². The lowest BCUT2D eigenvalue weighted by atomic mass is 10.2. The van der Waals surface area contributed by atoms with E-state index in [9.17, 15) is 0 Å². The highest BCUT2D eigenvalue weighted by Gasteiger charge is 2.06. The van der Waals surface area contributed by atoms with Crippen molar-refractivity contribution in [3.8, 4) is 0 Å². The third-order valence-corrected chi connectivity index (χ3v) is 2.99. The van der Waals surface area contributed by atoms with E-state index in [0.717, 1.165) is 13.1 Å². The molecule has 0 saturated carbocycles. The van der Waals surface area contributed by atoms with Gasteiger partial charge in [-0.2, -0.15) is 0 Å². The fraction of sp³-hybridized carbons (Fsp3) is 0.400. The maximum Gasteiger partial charge on any atom is 0.189 e. The maximum atomic E-state index is 5.77. The van der Waals surface area contributed by atoms with Crippen LogP contribution in [0.1, 0.15) is 19.4 Å². The van der Waals surface area contributed by atoms with Crippen molar-refractivity contribution < 1.29 is 0 Å². The molecule has 2 rings (SSSR count). The van der Waals surface area contributed by atoms with Crippen LogP contribution >= 0.6 is 24.0 Å². The first-order chi connectivity index (χ1) is 9.15. The number of anilines is 1. The molecule has 1 aliphatic rings. The van der Waals surface area contributed by atoms with Gasteiger partial charge in [0.15, 0.2) is 5.96 Å². The number of nitrogens with two attached hydrogens (primary N) is 1. The average Bonchev–Trinajstić information content (AvgIpc) is 2.90. The second-order valence-corrected chi connectivity index (χ2v) is 5.04. The van der Waals surface area contributed by atoms with Crippen LogP contribution in [-0.2, 0) is 6.54 Å². The van der Waals surface area contributed by atoms with Crippen molar-refractivity contribution in [1.29, 1.82) is 0 Å². The molecular formula is C15H23IN4. The summed E-state index contributed by atoms with van der Waals surface area (Å²) >= 11 is 0. The Balaban J connectivity index is 0.00000200. The molecule has 0 aromatic heterocycles. The van der Waals surface area contributed by atoms with Gasteiger partial charge in [0.25, 0.3) is 0 Å². The summed E-state index contributed by atoms with van der Waals surface area (Å²) in [5.41, 5.74) is 8.20. The van der Waals surface area contributed by atoms with Gasteiger partial charge in [0.2, 0.25) is 0 Å². The summed E-state index contributed by atoms with van der Waals surface area (Å²) in [6.45, 7) is 6.71. The lowest BCUT2D eigenvalue weighted by Crippen LogP contribution is -2.36. The van der Waals surface area contributed by atoms with Crippen LogP contribution in [-0.4, -0.2) is 25.1 Å². The van der Waals surface area contributed by atoms with Crippen molar-refractivity contribution in [3.63, 3.8) is 0 Å². The third-order valence-electron chi connectivity index (χ3n) is 2.99. The Morgan fingerprint density at radius 1 is 1.25 bits per heavy atom. The number of benzene rings is 1. The van der Waals surface area contributed by atoms with E-state index < -0.39 is 0 Å². The molecule has 1 aliphatic heterocycles. The largest absolute Gasteiger partial charge is 0.370 e. The number of guanidine groups is 1. The molecule has 0 aliphatic carbocycles. The number of hydrogen-bond acceptors (Lipinski definition) is 2. The molecule has 4 nitrogen and oxygen atoms in total. The van der Waals surface area contributed by atoms with Crippen LogP contribution in [0.3, 0.4) is 0 Å². The van der Waals surface area contributed by atoms with Gasteiger partial charge in [0.1, 0.15) is 0 Å². The molecule has 0 saturated heterocycles. The predicted octanol–water partition coefficient (Wildman–Crippen LogP) is 2.49. The minimum absolute atomic E-state index is 0. The predicted molar refractivity (Wildman–Crippen MR) is 96.8 cm³/mol. The second kappa shape index (κ2) is 8.14. The molecule has 0 spiro atoms. The Morgan fingerprint density at radius 3 is 2.40 bits per heavy atom. The molecule has 110 valence electrons. The number of nitrogens with zero attached hydrogens (tertiary/aromatic N) is 2. The Bertz CT molecular complexity index is 457. The van der Waals surface area contributed by atoms with Gasteiger partial charge in [0, 0.05) is 24.8 Å². The molecule has 0 amide bonds. The minimum Gasteiger partial charge on any atom is -0.370 e. The van der Waals surface area contributed by atoms with Gasteiger partial charge in [-0.15, -0.1) is 24.0 Å². The molecule has 3 N–H and O–H groups in total. The lowest BCUT2D eigenvalue weighted by molar-refractivity contribution is 0.723. The number of nitrogens with one attached hydrogen (secondary N) is 1. The summed E-state index contributed by atoms with van der Waals surface area (Å²) in [6.07, 6.45) is 4.38. The van der Waals surface area contributed by atoms with Crippen LogP contribution in [0.4, 0.5) is 5.69 Å². The van der Waals surface area contributed by atoms with E-state index in [4.69, 9.17) is 5.73 Å². The van der Waals surface area contributed by atoms with Gasteiger partial charge < -0.3 is 16.0 Å². The molecule has 1 aromatic rings. The third kappa shape index (κ3) is 5.03. The SMILES string of the molecule is CC(C)NC(N)=NCc1ccc(N2CC=CC2)cc1.I. The summed E-state index contributed by atoms with van der Waals surface area (Å²) in [5.74, 6) is 0.503. The number of rotatable bonds is 4. The standard InChI is InChI=1S/C15H22N4.HI/c1-12(2)18-15(16)17-11-13-5-7-14(8-6-13)19-9-3-4-10-19;/h3-8,12H,9-11H2,1-2H3,(H3,16,17,18);1H. The summed E-state index contributed by atoms with van der Waals surface area (Å²) < 4.78 is 0. The zero-order chi connectivity index (χ0) is 13.7. The van der Waals surface area contributed by atoms with Gasteiger partial charge in [-0.05, 0) is 31.5 Å². The van der Waals surface area contributed by atoms with Crippen molar-refractivity contribution in [2.75, 3.05) is 18.0 Å². The Kier molecular flexibility index (Phi) is 6.84. The lowest BCUT2D eigenvalue weighted by Gasteiger charge is -2.17. The van der Waals surface area contributed by atoms with E-state index in [1.54, 1.807) is 0 Å². The summed E-state index contributed by atoms with van der Waals surface area (Å²) in [4.78, 5) is 6.64. The van der Waals surface area contributed by atoms with Crippen molar-refractivity contribution in [2.24, 2.45) is 10.7 Å². The van der Waals surface area contributed by atoms with Gasteiger partial charge in [-0.3, -0.25) is 0 Å². The van der Waals surface area contributed by atoms with Gasteiger partial charge in [-0.1, -0.05) is 24.3 Å². The fourth-order valence-electron chi connectivity index (χ4n) is 2.02.